The molecule has 2 nitrogen and oxygen atoms in total. The topological polar surface area (TPSA) is 26.3 Å². The first-order chi connectivity index (χ1) is 7.07. The molecular weight excluding hydrogens is 188 g/mol. The third-order valence-electron chi connectivity index (χ3n) is 1.78. The van der Waals surface area contributed by atoms with Gasteiger partial charge < -0.3 is 4.74 Å². The van der Waals surface area contributed by atoms with Gasteiger partial charge in [0.25, 0.3) is 0 Å². The molecule has 0 saturated heterocycles. The molecule has 84 valence electrons. The van der Waals surface area contributed by atoms with Gasteiger partial charge in [0.1, 0.15) is 6.61 Å². The first-order valence-corrected chi connectivity index (χ1v) is 5.31. The lowest BCUT2D eigenvalue weighted by atomic mass is 10.2. The van der Waals surface area contributed by atoms with Crippen LogP contribution in [0.2, 0.25) is 0 Å². The van der Waals surface area contributed by atoms with E-state index in [-0.39, 0.29) is 12.6 Å². The zero-order valence-electron chi connectivity index (χ0n) is 9.93. The van der Waals surface area contributed by atoms with Crippen LogP contribution >= 0.6 is 0 Å². The van der Waals surface area contributed by atoms with Gasteiger partial charge in [0.05, 0.1) is 5.57 Å². The van der Waals surface area contributed by atoms with E-state index in [4.69, 9.17) is 4.74 Å². The van der Waals surface area contributed by atoms with E-state index in [1.54, 1.807) is 6.92 Å². The van der Waals surface area contributed by atoms with Crippen LogP contribution in [-0.4, -0.2) is 12.6 Å². The van der Waals surface area contributed by atoms with Crippen molar-refractivity contribution < 1.29 is 9.53 Å². The number of rotatable bonds is 6. The number of hydrogen-bond acceptors (Lipinski definition) is 2. The lowest BCUT2D eigenvalue weighted by molar-refractivity contribution is -0.137. The highest BCUT2D eigenvalue weighted by molar-refractivity contribution is 5.87. The Bertz CT molecular complexity index is 281. The molecule has 0 amide bonds. The second-order valence-electron chi connectivity index (χ2n) is 3.65. The highest BCUT2D eigenvalue weighted by atomic mass is 16.5. The molecule has 15 heavy (non-hydrogen) atoms. The number of unbranched alkanes of at least 4 members (excludes halogenated alkanes) is 2. The molecule has 2 heteroatoms. The van der Waals surface area contributed by atoms with Crippen LogP contribution in [0.15, 0.2) is 29.5 Å². The fourth-order valence-corrected chi connectivity index (χ4v) is 0.887. The lowest BCUT2D eigenvalue weighted by Crippen LogP contribution is -2.06. The Balaban J connectivity index is 4.06. The van der Waals surface area contributed by atoms with Gasteiger partial charge in [0, 0.05) is 0 Å². The smallest absolute Gasteiger partial charge is 0.341 e. The molecule has 0 atom stereocenters. The van der Waals surface area contributed by atoms with E-state index in [2.05, 4.69) is 19.2 Å². The quantitative estimate of drug-likeness (QED) is 0.220. The summed E-state index contributed by atoms with van der Waals surface area (Å²) in [4.78, 5) is 11.3. The standard InChI is InChI=1S/C13H20O2/c1-5-6-7-8-9-12(4)13(14)15-10-11(2)3/h8H,2,5-7,10H2,1,3-4H3. The van der Waals surface area contributed by atoms with E-state index in [1.165, 1.54) is 0 Å². The zero-order chi connectivity index (χ0) is 11.7. The van der Waals surface area contributed by atoms with Crippen LogP contribution < -0.4 is 0 Å². The molecule has 0 bridgehead atoms. The van der Waals surface area contributed by atoms with Crippen LogP contribution in [0.4, 0.5) is 0 Å². The van der Waals surface area contributed by atoms with Crippen LogP contribution in [0.5, 0.6) is 0 Å². The van der Waals surface area contributed by atoms with Gasteiger partial charge in [0.15, 0.2) is 0 Å². The number of carbonyl (C=O) groups excluding carboxylic acids is 1. The van der Waals surface area contributed by atoms with Crippen molar-refractivity contribution in [1.82, 2.24) is 0 Å². The number of hydrogen-bond donors (Lipinski definition) is 0. The minimum atomic E-state index is -0.314. The average molecular weight is 208 g/mol. The van der Waals surface area contributed by atoms with Gasteiger partial charge in [-0.05, 0) is 38.3 Å². The molecule has 0 aliphatic carbocycles. The largest absolute Gasteiger partial charge is 0.457 e. The summed E-state index contributed by atoms with van der Waals surface area (Å²) in [6, 6.07) is 0. The summed E-state index contributed by atoms with van der Waals surface area (Å²) < 4.78 is 4.96. The molecule has 0 aromatic rings. The maximum absolute atomic E-state index is 11.3. The summed E-state index contributed by atoms with van der Waals surface area (Å²) in [7, 11) is 0. The molecule has 0 aliphatic rings. The first-order valence-electron chi connectivity index (χ1n) is 5.31. The Labute approximate surface area is 92.3 Å². The number of carbonyl (C=O) groups is 1. The van der Waals surface area contributed by atoms with Crippen molar-refractivity contribution >= 4 is 5.97 Å². The van der Waals surface area contributed by atoms with E-state index < -0.39 is 0 Å². The molecule has 0 fully saturated rings. The minimum Gasteiger partial charge on any atom is -0.457 e. The van der Waals surface area contributed by atoms with Crippen molar-refractivity contribution in [3.05, 3.63) is 29.5 Å². The summed E-state index contributed by atoms with van der Waals surface area (Å²) in [5, 5.41) is 0. The summed E-state index contributed by atoms with van der Waals surface area (Å²) in [6.45, 7) is 9.61. The Hall–Kier alpha value is -1.27. The second kappa shape index (κ2) is 8.07. The summed E-state index contributed by atoms with van der Waals surface area (Å²) >= 11 is 0. The Morgan fingerprint density at radius 3 is 2.67 bits per heavy atom. The van der Waals surface area contributed by atoms with Crippen LogP contribution in [-0.2, 0) is 9.53 Å². The van der Waals surface area contributed by atoms with Crippen molar-refractivity contribution in [3.8, 4) is 0 Å². The highest BCUT2D eigenvalue weighted by Crippen LogP contribution is 1.99. The average Bonchev–Trinajstić information content (AvgIpc) is 2.20. The molecule has 0 aliphatic heterocycles. The molecule has 0 spiro atoms. The van der Waals surface area contributed by atoms with Gasteiger partial charge in [-0.3, -0.25) is 0 Å². The van der Waals surface area contributed by atoms with E-state index in [0.717, 1.165) is 24.8 Å². The summed E-state index contributed by atoms with van der Waals surface area (Å²) in [5.74, 6) is -0.314. The monoisotopic (exact) mass is 208 g/mol. The highest BCUT2D eigenvalue weighted by Gasteiger charge is 2.03. The van der Waals surface area contributed by atoms with Crippen LogP contribution in [0.1, 0.15) is 40.0 Å². The molecule has 0 radical (unpaired) electrons. The predicted octanol–water partition coefficient (Wildman–Crippen LogP) is 3.40. The molecule has 0 heterocycles. The lowest BCUT2D eigenvalue weighted by Gasteiger charge is -2.01. The Kier molecular flexibility index (Phi) is 7.39. The molecule has 0 aromatic heterocycles. The van der Waals surface area contributed by atoms with Crippen molar-refractivity contribution in [3.63, 3.8) is 0 Å². The molecule has 0 rings (SSSR count). The van der Waals surface area contributed by atoms with Crippen molar-refractivity contribution in [2.45, 2.75) is 40.0 Å². The van der Waals surface area contributed by atoms with Gasteiger partial charge in [0.2, 0.25) is 0 Å². The third-order valence-corrected chi connectivity index (χ3v) is 1.78. The second-order valence-corrected chi connectivity index (χ2v) is 3.65. The maximum Gasteiger partial charge on any atom is 0.341 e. The van der Waals surface area contributed by atoms with Gasteiger partial charge >= 0.3 is 5.97 Å². The van der Waals surface area contributed by atoms with Crippen molar-refractivity contribution in [1.29, 1.82) is 0 Å². The van der Waals surface area contributed by atoms with Gasteiger partial charge in [-0.25, -0.2) is 4.79 Å². The van der Waals surface area contributed by atoms with Crippen LogP contribution in [0, 0.1) is 0 Å². The number of ether oxygens (including phenoxy) is 1. The zero-order valence-corrected chi connectivity index (χ0v) is 9.93. The van der Waals surface area contributed by atoms with Gasteiger partial charge in [-0.15, -0.1) is 5.73 Å². The first kappa shape index (κ1) is 13.7. The van der Waals surface area contributed by atoms with Gasteiger partial charge in [-0.1, -0.05) is 19.9 Å². The molecule has 0 aromatic carbocycles. The molecule has 0 saturated carbocycles. The SMILES string of the molecule is C=C(C)COC(=O)C(C)=C=CCCCC. The normalized spacial score (nSPS) is 9.00. The van der Waals surface area contributed by atoms with E-state index in [1.807, 2.05) is 13.0 Å². The van der Waals surface area contributed by atoms with Crippen LogP contribution in [0.25, 0.3) is 0 Å². The van der Waals surface area contributed by atoms with Crippen molar-refractivity contribution in [2.24, 2.45) is 0 Å². The predicted molar refractivity (Wildman–Crippen MR) is 62.6 cm³/mol. The van der Waals surface area contributed by atoms with Gasteiger partial charge in [-0.2, -0.15) is 0 Å². The fourth-order valence-electron chi connectivity index (χ4n) is 0.887. The third kappa shape index (κ3) is 7.77. The fraction of sp³-hybridized carbons (Fsp3) is 0.538. The number of esters is 1. The van der Waals surface area contributed by atoms with Crippen molar-refractivity contribution in [2.75, 3.05) is 6.61 Å². The van der Waals surface area contributed by atoms with E-state index in [0.29, 0.717) is 5.57 Å². The van der Waals surface area contributed by atoms with E-state index >= 15 is 0 Å². The Morgan fingerprint density at radius 1 is 1.47 bits per heavy atom. The molecular formula is C13H20O2. The van der Waals surface area contributed by atoms with Crippen LogP contribution in [0.3, 0.4) is 0 Å². The Morgan fingerprint density at radius 2 is 2.13 bits per heavy atom. The summed E-state index contributed by atoms with van der Waals surface area (Å²) in [6.07, 6.45) is 5.13. The minimum absolute atomic E-state index is 0.285. The maximum atomic E-state index is 11.3. The molecule has 0 unspecified atom stereocenters. The summed E-state index contributed by atoms with van der Waals surface area (Å²) in [5.41, 5.74) is 4.29. The van der Waals surface area contributed by atoms with E-state index in [9.17, 15) is 4.79 Å². The molecule has 0 N–H and O–H groups in total.